The van der Waals surface area contributed by atoms with Crippen LogP contribution in [0.25, 0.3) is 0 Å². The van der Waals surface area contributed by atoms with Gasteiger partial charge in [-0.05, 0) is 74.2 Å². The highest BCUT2D eigenvalue weighted by atomic mass is 79.9. The van der Waals surface area contributed by atoms with Crippen molar-refractivity contribution in [3.8, 4) is 5.75 Å². The maximum absolute atomic E-state index is 12.8. The molecule has 29 heavy (non-hydrogen) atoms. The number of rotatable bonds is 5. The topological polar surface area (TPSA) is 66.9 Å². The van der Waals surface area contributed by atoms with Gasteiger partial charge < -0.3 is 9.64 Å². The Morgan fingerprint density at radius 1 is 1.14 bits per heavy atom. The van der Waals surface area contributed by atoms with E-state index in [0.29, 0.717) is 18.8 Å². The second-order valence-electron chi connectivity index (χ2n) is 7.46. The minimum atomic E-state index is -3.45. The number of nitrogens with zero attached hydrogens (tertiary/aromatic N) is 2. The molecular formula is C21H23BrN2O4S. The summed E-state index contributed by atoms with van der Waals surface area (Å²) in [6.45, 7) is 3.06. The first kappa shape index (κ1) is 20.4. The van der Waals surface area contributed by atoms with Crippen molar-refractivity contribution >= 4 is 37.5 Å². The SMILES string of the molecule is C[C@H]1Cc2cc(Br)ccc2N1C(=O)COc1ccc(S(=O)(=O)N2CCCC2)cc1. The number of amides is 1. The van der Waals surface area contributed by atoms with Crippen LogP contribution in [0.5, 0.6) is 5.75 Å². The molecule has 2 heterocycles. The molecule has 6 nitrogen and oxygen atoms in total. The predicted molar refractivity (Wildman–Crippen MR) is 115 cm³/mol. The lowest BCUT2D eigenvalue weighted by molar-refractivity contribution is -0.120. The Balaban J connectivity index is 1.41. The van der Waals surface area contributed by atoms with Crippen LogP contribution in [-0.4, -0.2) is 44.4 Å². The molecule has 0 aromatic heterocycles. The van der Waals surface area contributed by atoms with Crippen LogP contribution in [0, 0.1) is 0 Å². The van der Waals surface area contributed by atoms with Crippen LogP contribution in [0.2, 0.25) is 0 Å². The zero-order valence-electron chi connectivity index (χ0n) is 16.2. The smallest absolute Gasteiger partial charge is 0.265 e. The average molecular weight is 479 g/mol. The van der Waals surface area contributed by atoms with Gasteiger partial charge in [-0.2, -0.15) is 4.31 Å². The van der Waals surface area contributed by atoms with Crippen LogP contribution < -0.4 is 9.64 Å². The Bertz CT molecular complexity index is 1020. The molecule has 1 atom stereocenters. The molecule has 8 heteroatoms. The van der Waals surface area contributed by atoms with Crippen molar-refractivity contribution in [3.05, 3.63) is 52.5 Å². The number of benzene rings is 2. The Kier molecular flexibility index (Phi) is 5.68. The van der Waals surface area contributed by atoms with Crippen LogP contribution in [0.1, 0.15) is 25.3 Å². The van der Waals surface area contributed by atoms with Crippen molar-refractivity contribution in [1.29, 1.82) is 0 Å². The van der Waals surface area contributed by atoms with Gasteiger partial charge in [0, 0.05) is 29.3 Å². The molecule has 2 aliphatic heterocycles. The van der Waals surface area contributed by atoms with Gasteiger partial charge >= 0.3 is 0 Å². The third kappa shape index (κ3) is 4.06. The van der Waals surface area contributed by atoms with Crippen molar-refractivity contribution in [3.63, 3.8) is 0 Å². The molecule has 154 valence electrons. The van der Waals surface area contributed by atoms with E-state index in [1.54, 1.807) is 29.2 Å². The summed E-state index contributed by atoms with van der Waals surface area (Å²) in [6.07, 6.45) is 2.61. The van der Waals surface area contributed by atoms with Crippen LogP contribution in [-0.2, 0) is 21.2 Å². The van der Waals surface area contributed by atoms with Gasteiger partial charge in [0.2, 0.25) is 10.0 Å². The first-order chi connectivity index (χ1) is 13.9. The normalized spacial score (nSPS) is 19.4. The summed E-state index contributed by atoms with van der Waals surface area (Å²) in [5, 5.41) is 0. The van der Waals surface area contributed by atoms with Gasteiger partial charge in [-0.1, -0.05) is 15.9 Å². The van der Waals surface area contributed by atoms with E-state index in [0.717, 1.165) is 35.0 Å². The Morgan fingerprint density at radius 3 is 2.52 bits per heavy atom. The van der Waals surface area contributed by atoms with Gasteiger partial charge in [0.25, 0.3) is 5.91 Å². The highest BCUT2D eigenvalue weighted by molar-refractivity contribution is 9.10. The van der Waals surface area contributed by atoms with Gasteiger partial charge in [-0.25, -0.2) is 8.42 Å². The molecule has 0 radical (unpaired) electrons. The monoisotopic (exact) mass is 478 g/mol. The molecule has 0 bridgehead atoms. The van der Waals surface area contributed by atoms with Gasteiger partial charge in [0.05, 0.1) is 4.90 Å². The van der Waals surface area contributed by atoms with Gasteiger partial charge in [0.15, 0.2) is 6.61 Å². The Labute approximate surface area is 179 Å². The van der Waals surface area contributed by atoms with E-state index < -0.39 is 10.0 Å². The predicted octanol–water partition coefficient (Wildman–Crippen LogP) is 3.59. The molecule has 0 N–H and O–H groups in total. The zero-order valence-corrected chi connectivity index (χ0v) is 18.6. The maximum Gasteiger partial charge on any atom is 0.265 e. The van der Waals surface area contributed by atoms with Crippen molar-refractivity contribution in [2.24, 2.45) is 0 Å². The van der Waals surface area contributed by atoms with Crippen molar-refractivity contribution < 1.29 is 17.9 Å². The first-order valence-corrected chi connectivity index (χ1v) is 11.9. The summed E-state index contributed by atoms with van der Waals surface area (Å²) < 4.78 is 33.3. The van der Waals surface area contributed by atoms with E-state index in [1.165, 1.54) is 4.31 Å². The summed E-state index contributed by atoms with van der Waals surface area (Å²) in [5.74, 6) is 0.355. The van der Waals surface area contributed by atoms with E-state index in [1.807, 2.05) is 25.1 Å². The fourth-order valence-electron chi connectivity index (χ4n) is 3.98. The van der Waals surface area contributed by atoms with Gasteiger partial charge in [-0.15, -0.1) is 0 Å². The van der Waals surface area contributed by atoms with E-state index in [-0.39, 0.29) is 23.5 Å². The molecule has 1 saturated heterocycles. The molecular weight excluding hydrogens is 456 g/mol. The second kappa shape index (κ2) is 8.08. The molecule has 2 aliphatic rings. The summed E-state index contributed by atoms with van der Waals surface area (Å²) in [6, 6.07) is 12.3. The minimum absolute atomic E-state index is 0.0726. The standard InChI is InChI=1S/C21H23BrN2O4S/c1-15-12-16-13-17(22)4-9-20(16)24(15)21(25)14-28-18-5-7-19(8-6-18)29(26,27)23-10-2-3-11-23/h4-9,13,15H,2-3,10-12,14H2,1H3/t15-/m0/s1. The third-order valence-corrected chi connectivity index (χ3v) is 7.82. The number of hydrogen-bond acceptors (Lipinski definition) is 4. The number of sulfonamides is 1. The molecule has 1 fully saturated rings. The largest absolute Gasteiger partial charge is 0.484 e. The van der Waals surface area contributed by atoms with Crippen molar-refractivity contribution in [2.75, 3.05) is 24.6 Å². The molecule has 2 aromatic rings. The quantitative estimate of drug-likeness (QED) is 0.658. The maximum atomic E-state index is 12.8. The molecule has 0 aliphatic carbocycles. The van der Waals surface area contributed by atoms with Crippen LogP contribution in [0.3, 0.4) is 0 Å². The van der Waals surface area contributed by atoms with E-state index in [9.17, 15) is 13.2 Å². The number of carbonyl (C=O) groups excluding carboxylic acids is 1. The van der Waals surface area contributed by atoms with Crippen LogP contribution >= 0.6 is 15.9 Å². The number of anilines is 1. The van der Waals surface area contributed by atoms with Crippen LogP contribution in [0.4, 0.5) is 5.69 Å². The second-order valence-corrected chi connectivity index (χ2v) is 10.3. The molecule has 0 spiro atoms. The van der Waals surface area contributed by atoms with E-state index in [2.05, 4.69) is 15.9 Å². The van der Waals surface area contributed by atoms with Crippen LogP contribution in [0.15, 0.2) is 51.8 Å². The molecule has 0 unspecified atom stereocenters. The molecule has 4 rings (SSSR count). The lowest BCUT2D eigenvalue weighted by Gasteiger charge is -2.23. The fraction of sp³-hybridized carbons (Fsp3) is 0.381. The van der Waals surface area contributed by atoms with E-state index in [4.69, 9.17) is 4.74 Å². The van der Waals surface area contributed by atoms with Crippen molar-refractivity contribution in [1.82, 2.24) is 4.31 Å². The van der Waals surface area contributed by atoms with Crippen molar-refractivity contribution in [2.45, 2.75) is 37.1 Å². The Morgan fingerprint density at radius 2 is 1.83 bits per heavy atom. The lowest BCUT2D eigenvalue weighted by atomic mass is 10.1. The number of ether oxygens (including phenoxy) is 1. The summed E-state index contributed by atoms with van der Waals surface area (Å²) in [5.41, 5.74) is 2.05. The fourth-order valence-corrected chi connectivity index (χ4v) is 5.91. The number of halogens is 1. The minimum Gasteiger partial charge on any atom is -0.484 e. The number of fused-ring (bicyclic) bond motifs is 1. The highest BCUT2D eigenvalue weighted by Gasteiger charge is 2.31. The highest BCUT2D eigenvalue weighted by Crippen LogP contribution is 2.34. The molecule has 2 aromatic carbocycles. The summed E-state index contributed by atoms with van der Waals surface area (Å²) >= 11 is 3.47. The number of hydrogen-bond donors (Lipinski definition) is 0. The van der Waals surface area contributed by atoms with E-state index >= 15 is 0 Å². The lowest BCUT2D eigenvalue weighted by Crippen LogP contribution is -2.39. The average Bonchev–Trinajstić information content (AvgIpc) is 3.34. The summed E-state index contributed by atoms with van der Waals surface area (Å²) in [7, 11) is -3.45. The summed E-state index contributed by atoms with van der Waals surface area (Å²) in [4.78, 5) is 14.8. The third-order valence-electron chi connectivity index (χ3n) is 5.41. The first-order valence-electron chi connectivity index (χ1n) is 9.70. The molecule has 0 saturated carbocycles. The Hall–Kier alpha value is -1.90. The number of carbonyl (C=O) groups is 1. The molecule has 1 amide bonds. The van der Waals surface area contributed by atoms with Gasteiger partial charge in [0.1, 0.15) is 5.75 Å². The van der Waals surface area contributed by atoms with Gasteiger partial charge in [-0.3, -0.25) is 4.79 Å². The zero-order chi connectivity index (χ0) is 20.6.